The van der Waals surface area contributed by atoms with E-state index in [0.717, 1.165) is 6.07 Å². The van der Waals surface area contributed by atoms with E-state index < -0.39 is 28.3 Å². The molecule has 0 atom stereocenters. The summed E-state index contributed by atoms with van der Waals surface area (Å²) in [5, 5.41) is 27.6. The highest BCUT2D eigenvalue weighted by Crippen LogP contribution is 2.31. The molecule has 0 unspecified atom stereocenters. The zero-order chi connectivity index (χ0) is 13.0. The molecule has 0 bridgehead atoms. The number of nitriles is 2. The van der Waals surface area contributed by atoms with E-state index in [-0.39, 0.29) is 12.1 Å². The van der Waals surface area contributed by atoms with E-state index in [9.17, 15) is 18.9 Å². The van der Waals surface area contributed by atoms with Crippen molar-refractivity contribution in [3.05, 3.63) is 33.1 Å². The van der Waals surface area contributed by atoms with Crippen LogP contribution in [0.3, 0.4) is 0 Å². The third kappa shape index (κ3) is 2.49. The fourth-order valence-electron chi connectivity index (χ4n) is 1.22. The van der Waals surface area contributed by atoms with Crippen molar-refractivity contribution in [1.29, 1.82) is 10.5 Å². The van der Waals surface area contributed by atoms with Gasteiger partial charge < -0.3 is 0 Å². The van der Waals surface area contributed by atoms with Gasteiger partial charge in [0.25, 0.3) is 12.1 Å². The molecule has 17 heavy (non-hydrogen) atoms. The van der Waals surface area contributed by atoms with Crippen molar-refractivity contribution in [3.63, 3.8) is 0 Å². The van der Waals surface area contributed by atoms with Crippen LogP contribution in [-0.4, -0.2) is 9.91 Å². The lowest BCUT2D eigenvalue weighted by molar-refractivity contribution is -0.386. The van der Waals surface area contributed by atoms with E-state index in [4.69, 9.17) is 10.5 Å². The third-order valence-corrected chi connectivity index (χ3v) is 1.87. The number of aromatic nitrogens is 1. The average Bonchev–Trinajstić information content (AvgIpc) is 2.27. The van der Waals surface area contributed by atoms with Crippen LogP contribution in [0.15, 0.2) is 6.07 Å². The van der Waals surface area contributed by atoms with Crippen LogP contribution in [0.2, 0.25) is 0 Å². The fraction of sp³-hybridized carbons (Fsp3) is 0.222. The van der Waals surface area contributed by atoms with Gasteiger partial charge in [0, 0.05) is 6.07 Å². The Morgan fingerprint density at radius 2 is 2.18 bits per heavy atom. The van der Waals surface area contributed by atoms with Crippen molar-refractivity contribution in [3.8, 4) is 12.1 Å². The smallest absolute Gasteiger partial charge is 0.258 e. The van der Waals surface area contributed by atoms with Gasteiger partial charge in [0.1, 0.15) is 11.6 Å². The minimum Gasteiger partial charge on any atom is -0.258 e. The molecule has 86 valence electrons. The van der Waals surface area contributed by atoms with Crippen LogP contribution < -0.4 is 0 Å². The predicted octanol–water partition coefficient (Wildman–Crippen LogP) is 1.87. The highest BCUT2D eigenvalue weighted by atomic mass is 19.3. The van der Waals surface area contributed by atoms with Crippen molar-refractivity contribution >= 4 is 5.69 Å². The lowest BCUT2D eigenvalue weighted by Crippen LogP contribution is -2.04. The molecule has 0 spiro atoms. The Balaban J connectivity index is 3.54. The summed E-state index contributed by atoms with van der Waals surface area (Å²) >= 11 is 0. The molecular formula is C9H4F2N4O2. The zero-order valence-corrected chi connectivity index (χ0v) is 8.22. The Labute approximate surface area is 93.9 Å². The van der Waals surface area contributed by atoms with E-state index in [1.165, 1.54) is 6.07 Å². The van der Waals surface area contributed by atoms with Gasteiger partial charge >= 0.3 is 0 Å². The first-order chi connectivity index (χ1) is 8.01. The summed E-state index contributed by atoms with van der Waals surface area (Å²) in [6, 6.07) is 3.82. The molecule has 1 rings (SSSR count). The zero-order valence-electron chi connectivity index (χ0n) is 8.22. The largest absolute Gasteiger partial charge is 0.283 e. The molecular weight excluding hydrogens is 234 g/mol. The first kappa shape index (κ1) is 12.5. The molecule has 1 heterocycles. The Morgan fingerprint density at radius 3 is 2.59 bits per heavy atom. The Hall–Kier alpha value is -2.61. The molecule has 0 fully saturated rings. The standard InChI is InChI=1S/C9H4F2N4O2/c10-9(11)8-6(4-13)14-5(1-2-12)3-7(8)15(16)17/h3,9H,1H2. The fourth-order valence-corrected chi connectivity index (χ4v) is 1.22. The van der Waals surface area contributed by atoms with Gasteiger partial charge in [0.2, 0.25) is 0 Å². The molecule has 8 heteroatoms. The van der Waals surface area contributed by atoms with Gasteiger partial charge in [-0.3, -0.25) is 10.1 Å². The van der Waals surface area contributed by atoms with Gasteiger partial charge in [-0.25, -0.2) is 13.8 Å². The van der Waals surface area contributed by atoms with Crippen molar-refractivity contribution in [1.82, 2.24) is 4.98 Å². The second-order valence-electron chi connectivity index (χ2n) is 2.90. The number of rotatable bonds is 3. The van der Waals surface area contributed by atoms with Crippen LogP contribution in [0.5, 0.6) is 0 Å². The van der Waals surface area contributed by atoms with E-state index in [1.54, 1.807) is 6.07 Å². The second-order valence-corrected chi connectivity index (χ2v) is 2.90. The highest BCUT2D eigenvalue weighted by molar-refractivity contribution is 5.49. The van der Waals surface area contributed by atoms with Crippen LogP contribution in [0.4, 0.5) is 14.5 Å². The normalized spacial score (nSPS) is 9.71. The van der Waals surface area contributed by atoms with Crippen LogP contribution in [-0.2, 0) is 6.42 Å². The lowest BCUT2D eigenvalue weighted by Gasteiger charge is -2.04. The second kappa shape index (κ2) is 4.94. The quantitative estimate of drug-likeness (QED) is 0.590. The maximum Gasteiger partial charge on any atom is 0.283 e. The summed E-state index contributed by atoms with van der Waals surface area (Å²) in [6.45, 7) is 0. The molecule has 0 amide bonds. The van der Waals surface area contributed by atoms with Crippen molar-refractivity contribution in [2.45, 2.75) is 12.8 Å². The average molecular weight is 238 g/mol. The molecule has 1 aromatic heterocycles. The van der Waals surface area contributed by atoms with E-state index >= 15 is 0 Å². The van der Waals surface area contributed by atoms with Crippen LogP contribution >= 0.6 is 0 Å². The predicted molar refractivity (Wildman–Crippen MR) is 49.9 cm³/mol. The van der Waals surface area contributed by atoms with Gasteiger partial charge in [0.15, 0.2) is 5.69 Å². The van der Waals surface area contributed by atoms with E-state index in [2.05, 4.69) is 4.98 Å². The molecule has 0 aliphatic rings. The Kier molecular flexibility index (Phi) is 3.62. The number of hydrogen-bond acceptors (Lipinski definition) is 5. The van der Waals surface area contributed by atoms with Crippen LogP contribution in [0.1, 0.15) is 23.4 Å². The molecule has 0 aromatic carbocycles. The summed E-state index contributed by atoms with van der Waals surface area (Å²) in [7, 11) is 0. The minimum atomic E-state index is -3.17. The van der Waals surface area contributed by atoms with Gasteiger partial charge in [-0.15, -0.1) is 0 Å². The van der Waals surface area contributed by atoms with E-state index in [0.29, 0.717) is 0 Å². The highest BCUT2D eigenvalue weighted by Gasteiger charge is 2.27. The third-order valence-electron chi connectivity index (χ3n) is 1.87. The number of alkyl halides is 2. The first-order valence-electron chi connectivity index (χ1n) is 4.24. The number of hydrogen-bond donors (Lipinski definition) is 0. The first-order valence-corrected chi connectivity index (χ1v) is 4.24. The van der Waals surface area contributed by atoms with Gasteiger partial charge in [-0.2, -0.15) is 10.5 Å². The van der Waals surface area contributed by atoms with Crippen molar-refractivity contribution in [2.75, 3.05) is 0 Å². The number of nitro groups is 1. The molecule has 0 aliphatic carbocycles. The Bertz CT molecular complexity index is 545. The number of halogens is 2. The maximum atomic E-state index is 12.6. The lowest BCUT2D eigenvalue weighted by atomic mass is 10.1. The maximum absolute atomic E-state index is 12.6. The van der Waals surface area contributed by atoms with Crippen LogP contribution in [0.25, 0.3) is 0 Å². The molecule has 0 radical (unpaired) electrons. The van der Waals surface area contributed by atoms with Gasteiger partial charge in [-0.05, 0) is 0 Å². The van der Waals surface area contributed by atoms with Crippen molar-refractivity contribution in [2.24, 2.45) is 0 Å². The molecule has 0 saturated carbocycles. The SMILES string of the molecule is N#CCc1cc([N+](=O)[O-])c(C(F)F)c(C#N)n1. The molecule has 6 nitrogen and oxygen atoms in total. The summed E-state index contributed by atoms with van der Waals surface area (Å²) in [5.41, 5.74) is -2.71. The van der Waals surface area contributed by atoms with Gasteiger partial charge in [0.05, 0.1) is 23.1 Å². The van der Waals surface area contributed by atoms with Crippen LogP contribution in [0, 0.1) is 32.8 Å². The molecule has 0 aliphatic heterocycles. The number of nitrogens with zero attached hydrogens (tertiary/aromatic N) is 4. The Morgan fingerprint density at radius 1 is 1.53 bits per heavy atom. The summed E-state index contributed by atoms with van der Waals surface area (Å²) in [6.07, 6.45) is -3.47. The van der Waals surface area contributed by atoms with E-state index in [1.807, 2.05) is 0 Å². The molecule has 0 saturated heterocycles. The van der Waals surface area contributed by atoms with Gasteiger partial charge in [-0.1, -0.05) is 0 Å². The minimum absolute atomic E-state index is 0.0832. The number of pyridine rings is 1. The molecule has 0 N–H and O–H groups in total. The topological polar surface area (TPSA) is 104 Å². The molecule has 1 aromatic rings. The monoisotopic (exact) mass is 238 g/mol. The summed E-state index contributed by atoms with van der Waals surface area (Å²) < 4.78 is 25.2. The summed E-state index contributed by atoms with van der Waals surface area (Å²) in [5.74, 6) is 0. The summed E-state index contributed by atoms with van der Waals surface area (Å²) in [4.78, 5) is 13.1. The van der Waals surface area contributed by atoms with Crippen molar-refractivity contribution < 1.29 is 13.7 Å².